The number of hydrogen-bond acceptors (Lipinski definition) is 3. The van der Waals surface area contributed by atoms with Gasteiger partial charge in [-0.1, -0.05) is 13.0 Å². The quantitative estimate of drug-likeness (QED) is 0.876. The fourth-order valence-corrected chi connectivity index (χ4v) is 2.48. The number of aromatic nitrogens is 1. The van der Waals surface area contributed by atoms with E-state index in [0.717, 1.165) is 24.4 Å². The Kier molecular flexibility index (Phi) is 5.34. The molecule has 112 valence electrons. The first-order chi connectivity index (χ1) is 10.2. The molecule has 0 radical (unpaired) electrons. The van der Waals surface area contributed by atoms with Gasteiger partial charge in [0.25, 0.3) is 0 Å². The summed E-state index contributed by atoms with van der Waals surface area (Å²) < 4.78 is 5.30. The number of nitrogens with one attached hydrogen (secondary N) is 1. The maximum absolute atomic E-state index is 5.30. The van der Waals surface area contributed by atoms with Crippen molar-refractivity contribution in [3.8, 4) is 5.75 Å². The largest absolute Gasteiger partial charge is 0.497 e. The Morgan fingerprint density at radius 1 is 1.19 bits per heavy atom. The lowest BCUT2D eigenvalue weighted by atomic mass is 9.97. The third-order valence-corrected chi connectivity index (χ3v) is 3.62. The highest BCUT2D eigenvalue weighted by Crippen LogP contribution is 2.27. The Balaban J connectivity index is 2.40. The van der Waals surface area contributed by atoms with Crippen LogP contribution in [0.3, 0.4) is 0 Å². The molecule has 0 aliphatic carbocycles. The Bertz CT molecular complexity index is 596. The normalized spacial score (nSPS) is 12.2. The maximum atomic E-state index is 5.30. The molecule has 0 aliphatic heterocycles. The van der Waals surface area contributed by atoms with E-state index in [-0.39, 0.29) is 6.04 Å². The molecule has 0 bridgehead atoms. The Hall–Kier alpha value is -1.87. The van der Waals surface area contributed by atoms with Crippen molar-refractivity contribution < 1.29 is 4.74 Å². The van der Waals surface area contributed by atoms with Gasteiger partial charge in [-0.3, -0.25) is 4.98 Å². The fraction of sp³-hybridized carbons (Fsp3) is 0.389. The monoisotopic (exact) mass is 284 g/mol. The summed E-state index contributed by atoms with van der Waals surface area (Å²) in [4.78, 5) is 4.56. The highest BCUT2D eigenvalue weighted by molar-refractivity contribution is 5.40. The summed E-state index contributed by atoms with van der Waals surface area (Å²) in [5.74, 6) is 0.891. The van der Waals surface area contributed by atoms with E-state index in [1.165, 1.54) is 16.7 Å². The van der Waals surface area contributed by atoms with Gasteiger partial charge in [-0.25, -0.2) is 0 Å². The minimum absolute atomic E-state index is 0.121. The highest BCUT2D eigenvalue weighted by Gasteiger charge is 2.17. The SMILES string of the molecule is CCCNC(c1cc(C)ccn1)c1ccc(OC)cc1C. The molecule has 0 amide bonds. The van der Waals surface area contributed by atoms with Gasteiger partial charge in [-0.15, -0.1) is 0 Å². The van der Waals surface area contributed by atoms with Crippen LogP contribution in [-0.4, -0.2) is 18.6 Å². The number of ether oxygens (including phenoxy) is 1. The van der Waals surface area contributed by atoms with Gasteiger partial charge in [0.05, 0.1) is 18.8 Å². The van der Waals surface area contributed by atoms with Gasteiger partial charge >= 0.3 is 0 Å². The van der Waals surface area contributed by atoms with Crippen molar-refractivity contribution in [2.45, 2.75) is 33.2 Å². The van der Waals surface area contributed by atoms with Gasteiger partial charge in [0.15, 0.2) is 0 Å². The summed E-state index contributed by atoms with van der Waals surface area (Å²) in [6.45, 7) is 7.36. The van der Waals surface area contributed by atoms with Crippen LogP contribution in [0.4, 0.5) is 0 Å². The van der Waals surface area contributed by atoms with Crippen LogP contribution in [-0.2, 0) is 0 Å². The van der Waals surface area contributed by atoms with Crippen LogP contribution in [0.1, 0.15) is 41.8 Å². The first kappa shape index (κ1) is 15.5. The molecule has 1 heterocycles. The van der Waals surface area contributed by atoms with E-state index >= 15 is 0 Å². The van der Waals surface area contributed by atoms with Gasteiger partial charge in [-0.05, 0) is 67.8 Å². The molecule has 1 N–H and O–H groups in total. The summed E-state index contributed by atoms with van der Waals surface area (Å²) in [6, 6.07) is 10.5. The lowest BCUT2D eigenvalue weighted by Crippen LogP contribution is -2.24. The number of benzene rings is 1. The van der Waals surface area contributed by atoms with Crippen LogP contribution < -0.4 is 10.1 Å². The number of nitrogens with zero attached hydrogens (tertiary/aromatic N) is 1. The molecule has 0 aliphatic rings. The lowest BCUT2D eigenvalue weighted by Gasteiger charge is -2.21. The summed E-state index contributed by atoms with van der Waals surface area (Å²) in [6.07, 6.45) is 2.97. The van der Waals surface area contributed by atoms with Crippen molar-refractivity contribution in [3.63, 3.8) is 0 Å². The van der Waals surface area contributed by atoms with Crippen LogP contribution in [0.15, 0.2) is 36.5 Å². The first-order valence-electron chi connectivity index (χ1n) is 7.46. The van der Waals surface area contributed by atoms with Gasteiger partial charge in [0.2, 0.25) is 0 Å². The van der Waals surface area contributed by atoms with Crippen LogP contribution in [0.2, 0.25) is 0 Å². The predicted molar refractivity (Wildman–Crippen MR) is 86.8 cm³/mol. The van der Waals surface area contributed by atoms with Crippen molar-refractivity contribution in [1.82, 2.24) is 10.3 Å². The van der Waals surface area contributed by atoms with Crippen molar-refractivity contribution in [2.75, 3.05) is 13.7 Å². The second-order valence-electron chi connectivity index (χ2n) is 5.37. The molecule has 1 aromatic heterocycles. The Morgan fingerprint density at radius 3 is 2.62 bits per heavy atom. The number of methoxy groups -OCH3 is 1. The van der Waals surface area contributed by atoms with E-state index in [0.29, 0.717) is 0 Å². The summed E-state index contributed by atoms with van der Waals surface area (Å²) >= 11 is 0. The Labute approximate surface area is 127 Å². The molecular weight excluding hydrogens is 260 g/mol. The topological polar surface area (TPSA) is 34.2 Å². The van der Waals surface area contributed by atoms with E-state index in [9.17, 15) is 0 Å². The van der Waals surface area contributed by atoms with Crippen LogP contribution >= 0.6 is 0 Å². The first-order valence-corrected chi connectivity index (χ1v) is 7.46. The van der Waals surface area contributed by atoms with Crippen LogP contribution in [0.5, 0.6) is 5.75 Å². The lowest BCUT2D eigenvalue weighted by molar-refractivity contribution is 0.414. The smallest absolute Gasteiger partial charge is 0.119 e. The molecule has 0 fully saturated rings. The van der Waals surface area contributed by atoms with Crippen LogP contribution in [0.25, 0.3) is 0 Å². The third kappa shape index (κ3) is 3.82. The third-order valence-electron chi connectivity index (χ3n) is 3.62. The van der Waals surface area contributed by atoms with Crippen molar-refractivity contribution >= 4 is 0 Å². The molecule has 1 unspecified atom stereocenters. The molecule has 1 aromatic carbocycles. The van der Waals surface area contributed by atoms with Crippen molar-refractivity contribution in [3.05, 3.63) is 58.9 Å². The van der Waals surface area contributed by atoms with Gasteiger partial charge < -0.3 is 10.1 Å². The minimum Gasteiger partial charge on any atom is -0.497 e. The zero-order chi connectivity index (χ0) is 15.2. The number of rotatable bonds is 6. The zero-order valence-electron chi connectivity index (χ0n) is 13.3. The van der Waals surface area contributed by atoms with Gasteiger partial charge in [0, 0.05) is 6.20 Å². The molecule has 0 spiro atoms. The average Bonchev–Trinajstić information content (AvgIpc) is 2.49. The molecular formula is C18H24N2O. The Morgan fingerprint density at radius 2 is 2.00 bits per heavy atom. The second-order valence-corrected chi connectivity index (χ2v) is 5.37. The zero-order valence-corrected chi connectivity index (χ0v) is 13.3. The van der Waals surface area contributed by atoms with Crippen molar-refractivity contribution in [2.24, 2.45) is 0 Å². The summed E-state index contributed by atoms with van der Waals surface area (Å²) in [7, 11) is 1.70. The van der Waals surface area contributed by atoms with Gasteiger partial charge in [0.1, 0.15) is 5.75 Å². The molecule has 21 heavy (non-hydrogen) atoms. The fourth-order valence-electron chi connectivity index (χ4n) is 2.48. The molecule has 0 saturated carbocycles. The summed E-state index contributed by atoms with van der Waals surface area (Å²) in [5, 5.41) is 3.60. The predicted octanol–water partition coefficient (Wildman–Crippen LogP) is 3.80. The molecule has 3 heteroatoms. The van der Waals surface area contributed by atoms with E-state index in [2.05, 4.69) is 49.3 Å². The van der Waals surface area contributed by atoms with E-state index in [1.807, 2.05) is 18.3 Å². The molecule has 0 saturated heterocycles. The molecule has 3 nitrogen and oxygen atoms in total. The van der Waals surface area contributed by atoms with E-state index in [4.69, 9.17) is 4.74 Å². The van der Waals surface area contributed by atoms with Crippen LogP contribution in [0, 0.1) is 13.8 Å². The maximum Gasteiger partial charge on any atom is 0.119 e. The molecule has 2 rings (SSSR count). The molecule has 2 aromatic rings. The average molecular weight is 284 g/mol. The number of aryl methyl sites for hydroxylation is 2. The van der Waals surface area contributed by atoms with Gasteiger partial charge in [-0.2, -0.15) is 0 Å². The van der Waals surface area contributed by atoms with Crippen molar-refractivity contribution in [1.29, 1.82) is 0 Å². The molecule has 1 atom stereocenters. The van der Waals surface area contributed by atoms with E-state index in [1.54, 1.807) is 7.11 Å². The van der Waals surface area contributed by atoms with E-state index < -0.39 is 0 Å². The highest BCUT2D eigenvalue weighted by atomic mass is 16.5. The number of pyridine rings is 1. The summed E-state index contributed by atoms with van der Waals surface area (Å²) in [5.41, 5.74) is 4.76. The standard InChI is InChI=1S/C18H24N2O/c1-5-9-20-18(17-11-13(2)8-10-19-17)16-7-6-15(21-4)12-14(16)3/h6-8,10-12,18,20H,5,9H2,1-4H3. The second kappa shape index (κ2) is 7.23. The number of hydrogen-bond donors (Lipinski definition) is 1. The minimum atomic E-state index is 0.121.